The molecule has 0 aliphatic carbocycles. The minimum Gasteiger partial charge on any atom is -0.447 e. The molecule has 0 radical (unpaired) electrons. The van der Waals surface area contributed by atoms with Crippen molar-refractivity contribution in [1.29, 1.82) is 0 Å². The molecule has 0 aromatic carbocycles. The maximum atomic E-state index is 11.7. The molecule has 2 rings (SSSR count). The number of amides is 3. The fourth-order valence-corrected chi connectivity index (χ4v) is 2.32. The first kappa shape index (κ1) is 20.0. The number of hydrogen-bond acceptors (Lipinski definition) is 5. The number of cyclic esters (lactones) is 2. The molecule has 2 atom stereocenters. The van der Waals surface area contributed by atoms with Crippen molar-refractivity contribution in [3.63, 3.8) is 0 Å². The zero-order chi connectivity index (χ0) is 18.3. The van der Waals surface area contributed by atoms with E-state index in [4.69, 9.17) is 4.74 Å². The summed E-state index contributed by atoms with van der Waals surface area (Å²) in [5, 5.41) is 2.69. The van der Waals surface area contributed by atoms with Crippen LogP contribution < -0.4 is 5.32 Å². The van der Waals surface area contributed by atoms with Gasteiger partial charge >= 0.3 is 12.2 Å². The molecule has 0 aromatic rings. The molecule has 2 aliphatic rings. The predicted octanol–water partition coefficient (Wildman–Crippen LogP) is 2.71. The number of alkyl carbamates (subject to hydrolysis) is 1. The molecule has 7 nitrogen and oxygen atoms in total. The maximum Gasteiger partial charge on any atom is 0.416 e. The largest absolute Gasteiger partial charge is 0.447 e. The minimum absolute atomic E-state index is 0.116. The van der Waals surface area contributed by atoms with Crippen LogP contribution in [-0.2, 0) is 14.3 Å². The number of imide groups is 1. The lowest BCUT2D eigenvalue weighted by Gasteiger charge is -2.22. The van der Waals surface area contributed by atoms with Gasteiger partial charge in [-0.1, -0.05) is 33.8 Å². The Morgan fingerprint density at radius 1 is 1.25 bits per heavy atom. The minimum atomic E-state index is -0.511. The van der Waals surface area contributed by atoms with Crippen molar-refractivity contribution >= 4 is 18.1 Å². The van der Waals surface area contributed by atoms with Crippen molar-refractivity contribution < 1.29 is 23.9 Å². The van der Waals surface area contributed by atoms with E-state index in [0.717, 1.165) is 0 Å². The van der Waals surface area contributed by atoms with Crippen LogP contribution in [0.15, 0.2) is 12.7 Å². The molecule has 0 bridgehead atoms. The van der Waals surface area contributed by atoms with E-state index in [1.165, 1.54) is 4.90 Å². The molecule has 2 fully saturated rings. The topological polar surface area (TPSA) is 84.9 Å². The third-order valence-corrected chi connectivity index (χ3v) is 4.01. The SMILES string of the molecule is C=CCCC(=O)N1C(=O)OC[C@@H]1C(C)C.CC(C)[C@H]1COC(=O)N1. The van der Waals surface area contributed by atoms with Crippen molar-refractivity contribution in [2.45, 2.75) is 52.6 Å². The number of carbonyl (C=O) groups excluding carboxylic acids is 3. The van der Waals surface area contributed by atoms with Crippen molar-refractivity contribution in [2.24, 2.45) is 11.8 Å². The number of hydrogen-bond donors (Lipinski definition) is 1. The third-order valence-electron chi connectivity index (χ3n) is 4.01. The summed E-state index contributed by atoms with van der Waals surface area (Å²) in [6, 6.07) is 0.104. The molecule has 2 aliphatic heterocycles. The Balaban J connectivity index is 0.000000272. The standard InChI is InChI=1S/C11H17NO3.C6H11NO2/c1-4-5-6-10(13)12-9(8(2)3)7-15-11(12)14;1-4(2)5-3-9-6(8)7-5/h4,8-9H,1,5-7H2,2-3H3;4-5H,3H2,1-2H3,(H,7,8)/t9-;5-/m11/s1. The highest BCUT2D eigenvalue weighted by molar-refractivity contribution is 5.93. The highest BCUT2D eigenvalue weighted by atomic mass is 16.6. The van der Waals surface area contributed by atoms with Crippen LogP contribution in [0.5, 0.6) is 0 Å². The van der Waals surface area contributed by atoms with Crippen LogP contribution in [0, 0.1) is 11.8 Å². The molecule has 0 spiro atoms. The molecule has 7 heteroatoms. The average molecular weight is 340 g/mol. The van der Waals surface area contributed by atoms with Crippen molar-refractivity contribution in [2.75, 3.05) is 13.2 Å². The average Bonchev–Trinajstić information content (AvgIpc) is 3.11. The third kappa shape index (κ3) is 5.54. The summed E-state index contributed by atoms with van der Waals surface area (Å²) >= 11 is 0. The van der Waals surface area contributed by atoms with Gasteiger partial charge in [0.2, 0.25) is 5.91 Å². The van der Waals surface area contributed by atoms with Gasteiger partial charge in [0, 0.05) is 6.42 Å². The van der Waals surface area contributed by atoms with Gasteiger partial charge in [0.1, 0.15) is 13.2 Å². The Morgan fingerprint density at radius 3 is 2.33 bits per heavy atom. The number of carbonyl (C=O) groups is 3. The molecule has 0 aromatic heterocycles. The van der Waals surface area contributed by atoms with E-state index >= 15 is 0 Å². The fraction of sp³-hybridized carbons (Fsp3) is 0.706. The second-order valence-corrected chi connectivity index (χ2v) is 6.57. The first-order chi connectivity index (χ1) is 11.3. The molecule has 1 N–H and O–H groups in total. The van der Waals surface area contributed by atoms with E-state index in [1.54, 1.807) is 6.08 Å². The molecule has 3 amide bonds. The van der Waals surface area contributed by atoms with Crippen molar-refractivity contribution in [3.05, 3.63) is 12.7 Å². The normalized spacial score (nSPS) is 22.7. The van der Waals surface area contributed by atoms with Crippen molar-refractivity contribution in [3.8, 4) is 0 Å². The van der Waals surface area contributed by atoms with Crippen LogP contribution in [-0.4, -0.2) is 48.3 Å². The van der Waals surface area contributed by atoms with E-state index in [2.05, 4.69) is 30.5 Å². The van der Waals surface area contributed by atoms with Crippen LogP contribution >= 0.6 is 0 Å². The van der Waals surface area contributed by atoms with Crippen molar-refractivity contribution in [1.82, 2.24) is 10.2 Å². The lowest BCUT2D eigenvalue weighted by Crippen LogP contribution is -2.41. The van der Waals surface area contributed by atoms with Crippen LogP contribution in [0.3, 0.4) is 0 Å². The smallest absolute Gasteiger partial charge is 0.416 e. The summed E-state index contributed by atoms with van der Waals surface area (Å²) in [5.41, 5.74) is 0. The van der Waals surface area contributed by atoms with E-state index in [1.807, 2.05) is 13.8 Å². The van der Waals surface area contributed by atoms with Gasteiger partial charge in [-0.3, -0.25) is 4.79 Å². The van der Waals surface area contributed by atoms with E-state index < -0.39 is 6.09 Å². The van der Waals surface area contributed by atoms with Gasteiger partial charge in [-0.15, -0.1) is 6.58 Å². The van der Waals surface area contributed by atoms with Crippen LogP contribution in [0.2, 0.25) is 0 Å². The fourth-order valence-electron chi connectivity index (χ4n) is 2.32. The monoisotopic (exact) mass is 340 g/mol. The Bertz CT molecular complexity index is 476. The Hall–Kier alpha value is -2.05. The van der Waals surface area contributed by atoms with E-state index in [9.17, 15) is 14.4 Å². The van der Waals surface area contributed by atoms with Gasteiger partial charge in [-0.25, -0.2) is 14.5 Å². The molecule has 24 heavy (non-hydrogen) atoms. The Kier molecular flexibility index (Phi) is 7.74. The van der Waals surface area contributed by atoms with Crippen LogP contribution in [0.1, 0.15) is 40.5 Å². The predicted molar refractivity (Wildman–Crippen MR) is 89.4 cm³/mol. The number of rotatable bonds is 5. The van der Waals surface area contributed by atoms with E-state index in [-0.39, 0.29) is 30.0 Å². The van der Waals surface area contributed by atoms with Gasteiger partial charge in [-0.05, 0) is 18.3 Å². The number of allylic oxidation sites excluding steroid dienone is 1. The number of ether oxygens (including phenoxy) is 2. The number of nitrogens with zero attached hydrogens (tertiary/aromatic N) is 1. The van der Waals surface area contributed by atoms with Gasteiger partial charge < -0.3 is 14.8 Å². The summed E-state index contributed by atoms with van der Waals surface area (Å²) < 4.78 is 9.56. The number of nitrogens with one attached hydrogen (secondary N) is 1. The summed E-state index contributed by atoms with van der Waals surface area (Å²) in [7, 11) is 0. The summed E-state index contributed by atoms with van der Waals surface area (Å²) in [6.45, 7) is 12.4. The van der Waals surface area contributed by atoms with E-state index in [0.29, 0.717) is 32.0 Å². The van der Waals surface area contributed by atoms with Gasteiger partial charge in [0.25, 0.3) is 0 Å². The van der Waals surface area contributed by atoms with Gasteiger partial charge in [0.05, 0.1) is 12.1 Å². The second-order valence-electron chi connectivity index (χ2n) is 6.57. The molecule has 136 valence electrons. The maximum absolute atomic E-state index is 11.7. The lowest BCUT2D eigenvalue weighted by molar-refractivity contribution is -0.129. The zero-order valence-corrected chi connectivity index (χ0v) is 14.9. The highest BCUT2D eigenvalue weighted by Crippen LogP contribution is 2.20. The van der Waals surface area contributed by atoms with Crippen LogP contribution in [0.4, 0.5) is 9.59 Å². The molecular weight excluding hydrogens is 312 g/mol. The second kappa shape index (κ2) is 9.30. The molecule has 0 saturated carbocycles. The van der Waals surface area contributed by atoms with Gasteiger partial charge in [-0.2, -0.15) is 0 Å². The first-order valence-corrected chi connectivity index (χ1v) is 8.30. The molecule has 0 unspecified atom stereocenters. The van der Waals surface area contributed by atoms with Gasteiger partial charge in [0.15, 0.2) is 0 Å². The Labute approximate surface area is 143 Å². The molecule has 2 heterocycles. The summed E-state index contributed by atoms with van der Waals surface area (Å²) in [6.07, 6.45) is 1.79. The lowest BCUT2D eigenvalue weighted by atomic mass is 10.0. The quantitative estimate of drug-likeness (QED) is 0.778. The summed E-state index contributed by atoms with van der Waals surface area (Å²) in [4.78, 5) is 34.7. The zero-order valence-electron chi connectivity index (χ0n) is 14.9. The first-order valence-electron chi connectivity index (χ1n) is 8.30. The molecular formula is C17H28N2O5. The summed E-state index contributed by atoms with van der Waals surface area (Å²) in [5.74, 6) is 0.525. The molecule has 2 saturated heterocycles. The Morgan fingerprint density at radius 2 is 1.92 bits per heavy atom. The highest BCUT2D eigenvalue weighted by Gasteiger charge is 2.38. The van der Waals surface area contributed by atoms with Crippen LogP contribution in [0.25, 0.3) is 0 Å².